The molecule has 13 heavy (non-hydrogen) atoms. The molecule has 1 aromatic rings. The Balaban J connectivity index is 2.41. The second-order valence-electron chi connectivity index (χ2n) is 2.99. The summed E-state index contributed by atoms with van der Waals surface area (Å²) in [5.41, 5.74) is 2.39. The van der Waals surface area contributed by atoms with Crippen LogP contribution in [0.4, 0.5) is 0 Å². The van der Waals surface area contributed by atoms with Crippen LogP contribution >= 0.6 is 15.9 Å². The van der Waals surface area contributed by atoms with E-state index >= 15 is 0 Å². The molecule has 0 radical (unpaired) electrons. The van der Waals surface area contributed by atoms with Crippen LogP contribution in [0, 0.1) is 6.92 Å². The average molecular weight is 241 g/mol. The first-order valence-corrected chi connectivity index (χ1v) is 4.92. The van der Waals surface area contributed by atoms with Crippen molar-refractivity contribution in [2.45, 2.75) is 13.5 Å². The third-order valence-corrected chi connectivity index (χ3v) is 1.86. The van der Waals surface area contributed by atoms with E-state index in [4.69, 9.17) is 0 Å². The lowest BCUT2D eigenvalue weighted by Gasteiger charge is -2.03. The van der Waals surface area contributed by atoms with Gasteiger partial charge in [-0.05, 0) is 18.1 Å². The van der Waals surface area contributed by atoms with Gasteiger partial charge in [0.25, 0.3) is 0 Å². The van der Waals surface area contributed by atoms with Crippen LogP contribution in [0.15, 0.2) is 29.5 Å². The van der Waals surface area contributed by atoms with Crippen molar-refractivity contribution in [1.82, 2.24) is 10.3 Å². The normalized spacial score (nSPS) is 10.0. The van der Waals surface area contributed by atoms with Crippen molar-refractivity contribution in [3.63, 3.8) is 0 Å². The SMILES string of the molecule is C=C(Br)CNCc1cncc(C)c1. The van der Waals surface area contributed by atoms with Crippen LogP contribution in [0.2, 0.25) is 0 Å². The van der Waals surface area contributed by atoms with Crippen LogP contribution in [0.25, 0.3) is 0 Å². The molecular formula is C10H13BrN2. The molecule has 2 nitrogen and oxygen atoms in total. The highest BCUT2D eigenvalue weighted by molar-refractivity contribution is 9.11. The smallest absolute Gasteiger partial charge is 0.0313 e. The van der Waals surface area contributed by atoms with Crippen LogP contribution in [-0.4, -0.2) is 11.5 Å². The van der Waals surface area contributed by atoms with Gasteiger partial charge in [0.2, 0.25) is 0 Å². The number of hydrogen-bond donors (Lipinski definition) is 1. The largest absolute Gasteiger partial charge is 0.308 e. The fraction of sp³-hybridized carbons (Fsp3) is 0.300. The molecule has 0 aliphatic carbocycles. The zero-order valence-corrected chi connectivity index (χ0v) is 9.26. The van der Waals surface area contributed by atoms with Gasteiger partial charge in [0.15, 0.2) is 0 Å². The van der Waals surface area contributed by atoms with Gasteiger partial charge in [0.05, 0.1) is 0 Å². The molecule has 0 aliphatic rings. The Morgan fingerprint density at radius 2 is 2.38 bits per heavy atom. The molecule has 0 aromatic carbocycles. The van der Waals surface area contributed by atoms with Crippen LogP contribution in [0.1, 0.15) is 11.1 Å². The van der Waals surface area contributed by atoms with Crippen LogP contribution < -0.4 is 5.32 Å². The molecule has 1 aromatic heterocycles. The maximum atomic E-state index is 4.11. The standard InChI is InChI=1S/C10H13BrN2/c1-8-3-10(6-12-4-8)7-13-5-9(2)11/h3-4,6,13H,2,5,7H2,1H3. The molecule has 0 saturated heterocycles. The first kappa shape index (κ1) is 10.4. The molecule has 0 saturated carbocycles. The number of hydrogen-bond acceptors (Lipinski definition) is 2. The van der Waals surface area contributed by atoms with E-state index in [1.807, 2.05) is 19.3 Å². The number of pyridine rings is 1. The minimum atomic E-state index is 0.786. The number of halogens is 1. The highest BCUT2D eigenvalue weighted by atomic mass is 79.9. The molecule has 0 amide bonds. The van der Waals surface area contributed by atoms with Crippen molar-refractivity contribution in [3.8, 4) is 0 Å². The average Bonchev–Trinajstić information content (AvgIpc) is 2.03. The zero-order valence-electron chi connectivity index (χ0n) is 7.68. The van der Waals surface area contributed by atoms with E-state index in [0.29, 0.717) is 0 Å². The molecule has 3 heteroatoms. The van der Waals surface area contributed by atoms with Crippen molar-refractivity contribution in [1.29, 1.82) is 0 Å². The highest BCUT2D eigenvalue weighted by Gasteiger charge is 1.93. The lowest BCUT2D eigenvalue weighted by atomic mass is 10.2. The van der Waals surface area contributed by atoms with Gasteiger partial charge in [-0.2, -0.15) is 0 Å². The maximum Gasteiger partial charge on any atom is 0.0313 e. The van der Waals surface area contributed by atoms with Crippen LogP contribution in [0.5, 0.6) is 0 Å². The van der Waals surface area contributed by atoms with E-state index in [2.05, 4.69) is 38.9 Å². The predicted molar refractivity (Wildman–Crippen MR) is 58.7 cm³/mol. The molecule has 0 fully saturated rings. The summed E-state index contributed by atoms with van der Waals surface area (Å²) < 4.78 is 0.966. The molecule has 0 atom stereocenters. The molecule has 0 spiro atoms. The molecule has 0 unspecified atom stereocenters. The fourth-order valence-electron chi connectivity index (χ4n) is 1.06. The third kappa shape index (κ3) is 4.20. The van der Waals surface area contributed by atoms with Gasteiger partial charge in [-0.15, -0.1) is 0 Å². The molecule has 1 rings (SSSR count). The maximum absolute atomic E-state index is 4.11. The summed E-state index contributed by atoms with van der Waals surface area (Å²) in [5, 5.41) is 3.24. The van der Waals surface area contributed by atoms with Gasteiger partial charge in [0.1, 0.15) is 0 Å². The molecular weight excluding hydrogens is 228 g/mol. The summed E-state index contributed by atoms with van der Waals surface area (Å²) in [6.07, 6.45) is 3.73. The van der Waals surface area contributed by atoms with Crippen LogP contribution in [0.3, 0.4) is 0 Å². The van der Waals surface area contributed by atoms with E-state index < -0.39 is 0 Å². The van der Waals surface area contributed by atoms with Crippen molar-refractivity contribution in [2.75, 3.05) is 6.54 Å². The summed E-state index contributed by atoms with van der Waals surface area (Å²) >= 11 is 3.29. The van der Waals surface area contributed by atoms with Crippen LogP contribution in [-0.2, 0) is 6.54 Å². The summed E-state index contributed by atoms with van der Waals surface area (Å²) in [6.45, 7) is 7.40. The molecule has 70 valence electrons. The van der Waals surface area contributed by atoms with E-state index in [9.17, 15) is 0 Å². The quantitative estimate of drug-likeness (QED) is 0.875. The molecule has 1 heterocycles. The summed E-state index contributed by atoms with van der Waals surface area (Å²) in [4.78, 5) is 4.11. The Morgan fingerprint density at radius 1 is 1.62 bits per heavy atom. The minimum absolute atomic E-state index is 0.786. The Morgan fingerprint density at radius 3 is 3.00 bits per heavy atom. The minimum Gasteiger partial charge on any atom is -0.308 e. The molecule has 0 aliphatic heterocycles. The first-order valence-electron chi connectivity index (χ1n) is 4.13. The van der Waals surface area contributed by atoms with E-state index in [1.54, 1.807) is 0 Å². The number of nitrogens with zero attached hydrogens (tertiary/aromatic N) is 1. The van der Waals surface area contributed by atoms with E-state index in [-0.39, 0.29) is 0 Å². The van der Waals surface area contributed by atoms with Gasteiger partial charge >= 0.3 is 0 Å². The summed E-state index contributed by atoms with van der Waals surface area (Å²) in [5.74, 6) is 0. The third-order valence-electron chi connectivity index (χ3n) is 1.58. The van der Waals surface area contributed by atoms with Gasteiger partial charge < -0.3 is 5.32 Å². The molecule has 1 N–H and O–H groups in total. The van der Waals surface area contributed by atoms with Crippen molar-refractivity contribution in [2.24, 2.45) is 0 Å². The first-order chi connectivity index (χ1) is 6.18. The topological polar surface area (TPSA) is 24.9 Å². The van der Waals surface area contributed by atoms with Gasteiger partial charge in [0, 0.05) is 30.0 Å². The van der Waals surface area contributed by atoms with Gasteiger partial charge in [-0.3, -0.25) is 4.98 Å². The van der Waals surface area contributed by atoms with E-state index in [0.717, 1.165) is 17.6 Å². The lowest BCUT2D eigenvalue weighted by Crippen LogP contribution is -2.14. The number of aryl methyl sites for hydroxylation is 1. The van der Waals surface area contributed by atoms with Gasteiger partial charge in [-0.25, -0.2) is 0 Å². The Hall–Kier alpha value is -0.670. The number of nitrogens with one attached hydrogen (secondary N) is 1. The summed E-state index contributed by atoms with van der Waals surface area (Å²) in [6, 6.07) is 2.12. The molecule has 0 bridgehead atoms. The fourth-order valence-corrected chi connectivity index (χ4v) is 1.25. The Labute approximate surface area is 87.2 Å². The lowest BCUT2D eigenvalue weighted by molar-refractivity contribution is 0.753. The monoisotopic (exact) mass is 240 g/mol. The predicted octanol–water partition coefficient (Wildman–Crippen LogP) is 2.39. The number of rotatable bonds is 4. The highest BCUT2D eigenvalue weighted by Crippen LogP contribution is 2.02. The zero-order chi connectivity index (χ0) is 9.68. The van der Waals surface area contributed by atoms with Crippen molar-refractivity contribution < 1.29 is 0 Å². The van der Waals surface area contributed by atoms with E-state index in [1.165, 1.54) is 11.1 Å². The van der Waals surface area contributed by atoms with Gasteiger partial charge in [-0.1, -0.05) is 28.6 Å². The summed E-state index contributed by atoms with van der Waals surface area (Å²) in [7, 11) is 0. The van der Waals surface area contributed by atoms with Crippen molar-refractivity contribution >= 4 is 15.9 Å². The Bertz CT molecular complexity index is 297. The number of aromatic nitrogens is 1. The second-order valence-corrected chi connectivity index (χ2v) is 4.11. The van der Waals surface area contributed by atoms with Crippen molar-refractivity contribution in [3.05, 3.63) is 40.6 Å². The second kappa shape index (κ2) is 5.14. The Kier molecular flexibility index (Phi) is 4.12.